The van der Waals surface area contributed by atoms with Crippen molar-refractivity contribution in [3.05, 3.63) is 23.8 Å². The van der Waals surface area contributed by atoms with Crippen molar-refractivity contribution in [1.82, 2.24) is 0 Å². The third-order valence-electron chi connectivity index (χ3n) is 6.93. The molecule has 0 aromatic rings. The van der Waals surface area contributed by atoms with Gasteiger partial charge in [0.25, 0.3) is 0 Å². The van der Waals surface area contributed by atoms with Gasteiger partial charge in [-0.25, -0.2) is 9.18 Å². The molecule has 0 bridgehead atoms. The molecule has 0 rings (SSSR count). The number of hydrogen-bond donors (Lipinski definition) is 1. The first-order valence-electron chi connectivity index (χ1n) is 16.5. The molecule has 0 saturated heterocycles. The smallest absolute Gasteiger partial charge is 0.366 e. The van der Waals surface area contributed by atoms with Crippen LogP contribution >= 0.6 is 0 Å². The van der Waals surface area contributed by atoms with Gasteiger partial charge in [0.2, 0.25) is 5.83 Å². The fourth-order valence-corrected chi connectivity index (χ4v) is 4.45. The maximum Gasteiger partial charge on any atom is 0.366 e. The van der Waals surface area contributed by atoms with E-state index in [0.717, 1.165) is 25.7 Å². The van der Waals surface area contributed by atoms with E-state index in [0.29, 0.717) is 6.42 Å². The van der Waals surface area contributed by atoms with Crippen LogP contribution < -0.4 is 0 Å². The van der Waals surface area contributed by atoms with Gasteiger partial charge in [0.15, 0.2) is 0 Å². The molecular formula is C34H64F2O3. The fourth-order valence-electron chi connectivity index (χ4n) is 4.45. The van der Waals surface area contributed by atoms with E-state index >= 15 is 0 Å². The van der Waals surface area contributed by atoms with Crippen LogP contribution in [0, 0.1) is 0 Å². The summed E-state index contributed by atoms with van der Waals surface area (Å²) in [7, 11) is 0. The summed E-state index contributed by atoms with van der Waals surface area (Å²) in [5.41, 5.74) is 0. The number of halogens is 2. The molecule has 0 aromatic carbocycles. The van der Waals surface area contributed by atoms with Gasteiger partial charge < -0.3 is 9.84 Å². The lowest BCUT2D eigenvalue weighted by atomic mass is 10.1. The number of esters is 1. The predicted molar refractivity (Wildman–Crippen MR) is 164 cm³/mol. The average Bonchev–Trinajstić information content (AvgIpc) is 2.94. The molecule has 1 N–H and O–H groups in total. The number of rotatable bonds is 27. The third-order valence-corrected chi connectivity index (χ3v) is 6.93. The molecule has 0 aliphatic heterocycles. The van der Waals surface area contributed by atoms with Crippen molar-refractivity contribution in [2.75, 3.05) is 13.2 Å². The van der Waals surface area contributed by atoms with Crippen LogP contribution in [-0.4, -0.2) is 24.3 Å². The third kappa shape index (κ3) is 34.7. The summed E-state index contributed by atoms with van der Waals surface area (Å²) in [6, 6.07) is 0. The van der Waals surface area contributed by atoms with Crippen LogP contribution in [0.1, 0.15) is 175 Å². The number of aliphatic hydroxyl groups excluding tert-OH is 1. The second-order valence-corrected chi connectivity index (χ2v) is 10.7. The largest absolute Gasteiger partial charge is 0.461 e. The minimum absolute atomic E-state index is 0.221. The molecule has 0 heterocycles. The maximum absolute atomic E-state index is 13.2. The van der Waals surface area contributed by atoms with Gasteiger partial charge in [0.05, 0.1) is 13.2 Å². The second kappa shape index (κ2) is 34.8. The lowest BCUT2D eigenvalue weighted by Gasteiger charge is -2.02. The van der Waals surface area contributed by atoms with E-state index in [2.05, 4.69) is 18.6 Å². The molecular weight excluding hydrogens is 494 g/mol. The molecule has 0 spiro atoms. The molecule has 232 valence electrons. The van der Waals surface area contributed by atoms with Crippen LogP contribution in [0.3, 0.4) is 0 Å². The van der Waals surface area contributed by atoms with Crippen LogP contribution in [-0.2, 0) is 9.53 Å². The molecule has 0 aliphatic rings. The number of aliphatic hydroxyl groups is 1. The van der Waals surface area contributed by atoms with Gasteiger partial charge in [-0.15, -0.1) is 0 Å². The van der Waals surface area contributed by atoms with Gasteiger partial charge in [-0.3, -0.25) is 0 Å². The Morgan fingerprint density at radius 2 is 0.897 bits per heavy atom. The van der Waals surface area contributed by atoms with E-state index in [1.165, 1.54) is 134 Å². The molecule has 39 heavy (non-hydrogen) atoms. The number of carbonyl (C=O) groups is 1. The Morgan fingerprint density at radius 1 is 0.564 bits per heavy atom. The first-order chi connectivity index (χ1) is 19.0. The first-order valence-corrected chi connectivity index (χ1v) is 16.5. The molecule has 5 heteroatoms. The van der Waals surface area contributed by atoms with Gasteiger partial charge >= 0.3 is 5.97 Å². The van der Waals surface area contributed by atoms with Crippen molar-refractivity contribution in [3.63, 3.8) is 0 Å². The van der Waals surface area contributed by atoms with Crippen molar-refractivity contribution in [2.45, 2.75) is 175 Å². The van der Waals surface area contributed by atoms with E-state index < -0.39 is 18.4 Å². The van der Waals surface area contributed by atoms with Gasteiger partial charge in [0, 0.05) is 0 Å². The van der Waals surface area contributed by atoms with Crippen molar-refractivity contribution >= 4 is 5.97 Å². The average molecular weight is 559 g/mol. The highest BCUT2D eigenvalue weighted by atomic mass is 19.1. The summed E-state index contributed by atoms with van der Waals surface area (Å²) in [4.78, 5) is 11.0. The molecule has 0 fully saturated rings. The normalized spacial score (nSPS) is 11.8. The monoisotopic (exact) mass is 558 g/mol. The van der Waals surface area contributed by atoms with Gasteiger partial charge in [-0.2, -0.15) is 4.39 Å². The molecule has 0 amide bonds. The standard InChI is InChI=1S/C18H33FO2.C16H31FO/c1-3-5-6-7-8-9-10-11-12-13-14-15-16-17(19)18(20)21-4-2;1-2-3-4-5-6-7-8-9-10-11-12-13-14-16(17)15-18/h16H,3-15H2,1-2H3;14,18H,2-13,15H2,1H3. The van der Waals surface area contributed by atoms with Crippen molar-refractivity contribution in [3.8, 4) is 0 Å². The predicted octanol–water partition coefficient (Wildman–Crippen LogP) is 11.6. The summed E-state index contributed by atoms with van der Waals surface area (Å²) in [6.07, 6.45) is 32.7. The minimum Gasteiger partial charge on any atom is -0.461 e. The number of unbranched alkanes of at least 4 members (excludes halogenated alkanes) is 22. The van der Waals surface area contributed by atoms with Crippen molar-refractivity contribution < 1.29 is 23.4 Å². The SMILES string of the molecule is CCCCCCCCCCCCCC=C(F)C(=O)OCC.CCCCCCCCCCCCCC=C(F)CO. The number of hydrogen-bond acceptors (Lipinski definition) is 3. The van der Waals surface area contributed by atoms with E-state index in [1.54, 1.807) is 6.92 Å². The van der Waals surface area contributed by atoms with Crippen LogP contribution in [0.15, 0.2) is 23.8 Å². The Morgan fingerprint density at radius 3 is 1.23 bits per heavy atom. The first kappa shape index (κ1) is 39.9. The van der Waals surface area contributed by atoms with E-state index in [1.807, 2.05) is 0 Å². The molecule has 0 atom stereocenters. The molecule has 0 saturated carbocycles. The summed E-state index contributed by atoms with van der Waals surface area (Å²) >= 11 is 0. The molecule has 0 aromatic heterocycles. The van der Waals surface area contributed by atoms with E-state index in [4.69, 9.17) is 5.11 Å². The highest BCUT2D eigenvalue weighted by Gasteiger charge is 2.07. The highest BCUT2D eigenvalue weighted by Crippen LogP contribution is 2.14. The lowest BCUT2D eigenvalue weighted by molar-refractivity contribution is -0.140. The van der Waals surface area contributed by atoms with Gasteiger partial charge in [-0.05, 0) is 38.7 Å². The van der Waals surface area contributed by atoms with Crippen LogP contribution in [0.2, 0.25) is 0 Å². The summed E-state index contributed by atoms with van der Waals surface area (Å²) in [5.74, 6) is -1.97. The maximum atomic E-state index is 13.2. The Balaban J connectivity index is 0. The minimum atomic E-state index is -0.833. The Labute approximate surface area is 241 Å². The fraction of sp³-hybridized carbons (Fsp3) is 0.853. The number of carbonyl (C=O) groups excluding carboxylic acids is 1. The number of ether oxygens (including phenoxy) is 1. The zero-order valence-corrected chi connectivity index (χ0v) is 26.1. The molecule has 0 aliphatic carbocycles. The van der Waals surface area contributed by atoms with Crippen LogP contribution in [0.25, 0.3) is 0 Å². The van der Waals surface area contributed by atoms with Gasteiger partial charge in [-0.1, -0.05) is 148 Å². The number of allylic oxidation sites excluding steroid dienone is 2. The Hall–Kier alpha value is -1.23. The zero-order valence-electron chi connectivity index (χ0n) is 26.1. The summed E-state index contributed by atoms with van der Waals surface area (Å²) < 4.78 is 30.3. The van der Waals surface area contributed by atoms with Crippen molar-refractivity contribution in [2.24, 2.45) is 0 Å². The molecule has 3 nitrogen and oxygen atoms in total. The second-order valence-electron chi connectivity index (χ2n) is 10.7. The van der Waals surface area contributed by atoms with Crippen molar-refractivity contribution in [1.29, 1.82) is 0 Å². The molecule has 0 unspecified atom stereocenters. The topological polar surface area (TPSA) is 46.5 Å². The summed E-state index contributed by atoms with van der Waals surface area (Å²) in [5, 5.41) is 8.47. The Bertz CT molecular complexity index is 561. The summed E-state index contributed by atoms with van der Waals surface area (Å²) in [6.45, 7) is 5.95. The zero-order chi connectivity index (χ0) is 29.2. The Kier molecular flexibility index (Phi) is 35.6. The highest BCUT2D eigenvalue weighted by molar-refractivity contribution is 5.85. The quantitative estimate of drug-likeness (QED) is 0.0619. The van der Waals surface area contributed by atoms with Crippen LogP contribution in [0.4, 0.5) is 8.78 Å². The van der Waals surface area contributed by atoms with Gasteiger partial charge in [0.1, 0.15) is 5.83 Å². The van der Waals surface area contributed by atoms with Crippen LogP contribution in [0.5, 0.6) is 0 Å². The molecule has 0 radical (unpaired) electrons. The lowest BCUT2D eigenvalue weighted by Crippen LogP contribution is -2.04. The van der Waals surface area contributed by atoms with E-state index in [-0.39, 0.29) is 12.4 Å². The van der Waals surface area contributed by atoms with E-state index in [9.17, 15) is 13.6 Å².